The van der Waals surface area contributed by atoms with Gasteiger partial charge in [-0.3, -0.25) is 4.99 Å². The summed E-state index contributed by atoms with van der Waals surface area (Å²) in [5, 5.41) is 9.62. The summed E-state index contributed by atoms with van der Waals surface area (Å²) in [5.74, 6) is -4.49. The minimum absolute atomic E-state index is 0.0437. The van der Waals surface area contributed by atoms with Gasteiger partial charge < -0.3 is 42.8 Å². The van der Waals surface area contributed by atoms with Crippen molar-refractivity contribution in [1.29, 1.82) is 5.26 Å². The fraction of sp³-hybridized carbons (Fsp3) is 0.342. The molecule has 14 heteroatoms. The first kappa shape index (κ1) is 35.1. The fourth-order valence-electron chi connectivity index (χ4n) is 6.15. The molecule has 0 radical (unpaired) electrons. The highest BCUT2D eigenvalue weighted by Crippen LogP contribution is 2.42. The van der Waals surface area contributed by atoms with E-state index in [1.165, 1.54) is 25.3 Å². The lowest BCUT2D eigenvalue weighted by Gasteiger charge is -2.24. The molecule has 0 aliphatic carbocycles. The van der Waals surface area contributed by atoms with Crippen molar-refractivity contribution in [2.75, 3.05) is 33.9 Å². The number of pyridine rings is 1. The smallest absolute Gasteiger partial charge is 0.263 e. The Morgan fingerprint density at radius 2 is 1.69 bits per heavy atom. The summed E-state index contributed by atoms with van der Waals surface area (Å²) in [5.41, 5.74) is 1.81. The molecule has 0 bridgehead atoms. The zero-order valence-corrected chi connectivity index (χ0v) is 28.9. The summed E-state index contributed by atoms with van der Waals surface area (Å²) < 4.78 is 79.6. The van der Waals surface area contributed by atoms with E-state index in [1.54, 1.807) is 32.0 Å². The molecule has 12 nitrogen and oxygen atoms in total. The van der Waals surface area contributed by atoms with Gasteiger partial charge in [0, 0.05) is 32.3 Å². The number of ether oxygens (including phenoxy) is 8. The van der Waals surface area contributed by atoms with Crippen LogP contribution in [-0.4, -0.2) is 80.0 Å². The number of benzene rings is 3. The number of rotatable bonds is 12. The van der Waals surface area contributed by atoms with Crippen LogP contribution in [0, 0.1) is 23.0 Å². The maximum Gasteiger partial charge on any atom is 0.263 e. The van der Waals surface area contributed by atoms with Gasteiger partial charge in [-0.2, -0.15) is 19.0 Å². The highest BCUT2D eigenvalue weighted by molar-refractivity contribution is 5.99. The van der Waals surface area contributed by atoms with Crippen LogP contribution in [0.1, 0.15) is 30.5 Å². The number of hydrogen-bond donors (Lipinski definition) is 0. The number of aromatic nitrogens is 1. The van der Waals surface area contributed by atoms with Crippen LogP contribution in [0.2, 0.25) is 0 Å². The number of nitrogens with zero attached hydrogens (tertiary/aromatic N) is 4. The molecular weight excluding hydrogens is 678 g/mol. The van der Waals surface area contributed by atoms with E-state index in [0.717, 1.165) is 23.5 Å². The molecule has 3 aromatic carbocycles. The molecule has 4 atom stereocenters. The average molecular weight is 715 g/mol. The van der Waals surface area contributed by atoms with E-state index in [9.17, 15) is 5.26 Å². The van der Waals surface area contributed by atoms with Crippen LogP contribution in [0.15, 0.2) is 77.8 Å². The van der Waals surface area contributed by atoms with Crippen LogP contribution in [0.3, 0.4) is 0 Å². The third-order valence-corrected chi connectivity index (χ3v) is 8.59. The molecule has 0 saturated carbocycles. The van der Waals surface area contributed by atoms with E-state index < -0.39 is 59.5 Å². The van der Waals surface area contributed by atoms with Crippen molar-refractivity contribution in [2.24, 2.45) is 4.99 Å². The predicted octanol–water partition coefficient (Wildman–Crippen LogP) is 6.36. The first-order valence-corrected chi connectivity index (χ1v) is 16.6. The Morgan fingerprint density at radius 1 is 0.923 bits per heavy atom. The molecule has 7 rings (SSSR count). The summed E-state index contributed by atoms with van der Waals surface area (Å²) in [6.07, 6.45) is -2.83. The van der Waals surface area contributed by atoms with E-state index in [-0.39, 0.29) is 36.0 Å². The first-order chi connectivity index (χ1) is 25.1. The molecule has 4 unspecified atom stereocenters. The van der Waals surface area contributed by atoms with Gasteiger partial charge in [0.1, 0.15) is 43.1 Å². The topological polar surface area (TPSA) is 126 Å². The zero-order valence-electron chi connectivity index (χ0n) is 28.9. The number of nitriles is 1. The SMILES string of the molecule is COC1OC(COc2c(F)c(Oc3cccc(C4=NCCN4C)c3)nc(Oc3cc(C#N)ccc3OCc3ccccc3)c2F)C2OC(C)(C)OC12. The highest BCUT2D eigenvalue weighted by Gasteiger charge is 2.56. The molecule has 3 aliphatic rings. The minimum atomic E-state index is -1.27. The molecule has 0 N–H and O–H groups in total. The molecule has 0 spiro atoms. The van der Waals surface area contributed by atoms with Gasteiger partial charge in [-0.05, 0) is 43.7 Å². The summed E-state index contributed by atoms with van der Waals surface area (Å²) in [4.78, 5) is 10.6. The fourth-order valence-corrected chi connectivity index (χ4v) is 6.15. The van der Waals surface area contributed by atoms with Crippen molar-refractivity contribution < 1.29 is 46.7 Å². The van der Waals surface area contributed by atoms with Crippen LogP contribution in [-0.2, 0) is 25.6 Å². The Hall–Kier alpha value is -5.33. The molecular formula is C38H36F2N4O8. The van der Waals surface area contributed by atoms with Crippen LogP contribution >= 0.6 is 0 Å². The van der Waals surface area contributed by atoms with Crippen molar-refractivity contribution in [3.8, 4) is 40.8 Å². The maximum atomic E-state index is 16.4. The summed E-state index contributed by atoms with van der Waals surface area (Å²) in [7, 11) is 3.38. The van der Waals surface area contributed by atoms with Gasteiger partial charge in [-0.25, -0.2) is 0 Å². The second-order valence-corrected chi connectivity index (χ2v) is 12.7. The molecule has 0 amide bonds. The Labute approximate surface area is 299 Å². The van der Waals surface area contributed by atoms with E-state index in [2.05, 4.69) is 9.98 Å². The number of aliphatic imine (C=N–C) groups is 1. The van der Waals surface area contributed by atoms with Crippen molar-refractivity contribution in [2.45, 2.75) is 50.8 Å². The number of halogens is 2. The molecule has 3 aliphatic heterocycles. The molecule has 1 aromatic heterocycles. The van der Waals surface area contributed by atoms with Gasteiger partial charge in [0.25, 0.3) is 11.8 Å². The highest BCUT2D eigenvalue weighted by atomic mass is 19.1. The van der Waals surface area contributed by atoms with E-state index in [1.807, 2.05) is 54.4 Å². The van der Waals surface area contributed by atoms with Crippen LogP contribution in [0.5, 0.6) is 34.8 Å². The predicted molar refractivity (Wildman–Crippen MR) is 182 cm³/mol. The standard InChI is InChI=1S/C38H36F2N4O8/c1-38(2)51-31-28(50-37(45-4)33(31)52-38)21-47-32-29(39)35(48-25-12-8-11-24(18-25)34-42-15-16-44(34)3)43-36(30(32)40)49-27-17-23(19-41)13-14-26(27)46-20-22-9-6-5-7-10-22/h5-14,17-18,28,31,33,37H,15-16,20-21H2,1-4H3. The van der Waals surface area contributed by atoms with Gasteiger partial charge in [-0.1, -0.05) is 42.5 Å². The Bertz CT molecular complexity index is 2010. The number of likely N-dealkylation sites (N-methyl/N-ethyl adjacent to an activating group) is 1. The van der Waals surface area contributed by atoms with Crippen molar-refractivity contribution in [1.82, 2.24) is 9.88 Å². The number of methoxy groups -OCH3 is 1. The maximum absolute atomic E-state index is 16.4. The summed E-state index contributed by atoms with van der Waals surface area (Å²) in [6, 6.07) is 22.7. The molecule has 4 heterocycles. The third kappa shape index (κ3) is 7.35. The van der Waals surface area contributed by atoms with Gasteiger partial charge in [0.2, 0.25) is 17.4 Å². The molecule has 52 heavy (non-hydrogen) atoms. The average Bonchev–Trinajstić information content (AvgIpc) is 3.82. The Morgan fingerprint density at radius 3 is 2.42 bits per heavy atom. The number of hydrogen-bond acceptors (Lipinski definition) is 12. The summed E-state index contributed by atoms with van der Waals surface area (Å²) in [6.45, 7) is 4.69. The molecule has 270 valence electrons. The van der Waals surface area contributed by atoms with Crippen molar-refractivity contribution >= 4 is 5.84 Å². The number of fused-ring (bicyclic) bond motifs is 1. The largest absolute Gasteiger partial charge is 0.485 e. The van der Waals surface area contributed by atoms with Crippen LogP contribution in [0.4, 0.5) is 8.78 Å². The van der Waals surface area contributed by atoms with Gasteiger partial charge in [-0.15, -0.1) is 0 Å². The number of amidine groups is 1. The second-order valence-electron chi connectivity index (χ2n) is 12.7. The first-order valence-electron chi connectivity index (χ1n) is 16.6. The molecule has 2 saturated heterocycles. The van der Waals surface area contributed by atoms with Crippen molar-refractivity contribution in [3.63, 3.8) is 0 Å². The van der Waals surface area contributed by atoms with E-state index in [0.29, 0.717) is 6.54 Å². The minimum Gasteiger partial charge on any atom is -0.485 e. The molecule has 2 fully saturated rings. The summed E-state index contributed by atoms with van der Waals surface area (Å²) >= 11 is 0. The zero-order chi connectivity index (χ0) is 36.4. The second kappa shape index (κ2) is 14.7. The van der Waals surface area contributed by atoms with Crippen LogP contribution in [0.25, 0.3) is 0 Å². The quantitative estimate of drug-likeness (QED) is 0.163. The van der Waals surface area contributed by atoms with Gasteiger partial charge >= 0.3 is 0 Å². The monoisotopic (exact) mass is 714 g/mol. The van der Waals surface area contributed by atoms with Gasteiger partial charge in [0.15, 0.2) is 23.6 Å². The Balaban J connectivity index is 1.22. The lowest BCUT2D eigenvalue weighted by Crippen LogP contribution is -2.34. The van der Waals surface area contributed by atoms with E-state index in [4.69, 9.17) is 37.9 Å². The normalized spacial score (nSPS) is 21.7. The third-order valence-electron chi connectivity index (χ3n) is 8.59. The lowest BCUT2D eigenvalue weighted by molar-refractivity contribution is -0.229. The van der Waals surface area contributed by atoms with Crippen molar-refractivity contribution in [3.05, 3.63) is 101 Å². The van der Waals surface area contributed by atoms with E-state index >= 15 is 8.78 Å². The molecule has 4 aromatic rings. The van der Waals surface area contributed by atoms with Crippen LogP contribution < -0.4 is 18.9 Å². The Kier molecular flexibility index (Phi) is 9.94. The lowest BCUT2D eigenvalue weighted by atomic mass is 10.1. The van der Waals surface area contributed by atoms with Gasteiger partial charge in [0.05, 0.1) is 18.2 Å².